The van der Waals surface area contributed by atoms with Crippen LogP contribution in [0.15, 0.2) is 52.4 Å². The van der Waals surface area contributed by atoms with E-state index >= 15 is 0 Å². The average Bonchev–Trinajstić information content (AvgIpc) is 3.52. The van der Waals surface area contributed by atoms with E-state index in [0.717, 1.165) is 25.0 Å². The normalized spacial score (nSPS) is 15.7. The van der Waals surface area contributed by atoms with E-state index in [4.69, 9.17) is 14.5 Å². The molecular weight excluding hydrogens is 489 g/mol. The number of ether oxygens (including phenoxy) is 2. The molecule has 3 heterocycles. The van der Waals surface area contributed by atoms with Gasteiger partial charge in [-0.1, -0.05) is 30.0 Å². The van der Waals surface area contributed by atoms with E-state index in [-0.39, 0.29) is 29.9 Å². The third kappa shape index (κ3) is 5.05. The molecular formula is C25H24FN3O4S2. The summed E-state index contributed by atoms with van der Waals surface area (Å²) < 4.78 is 28.0. The Hall–Kier alpha value is -2.95. The van der Waals surface area contributed by atoms with Crippen LogP contribution in [0.5, 0.6) is 5.75 Å². The van der Waals surface area contributed by atoms with E-state index in [1.165, 1.54) is 29.2 Å². The van der Waals surface area contributed by atoms with Crippen LogP contribution in [0, 0.1) is 5.82 Å². The molecule has 0 saturated carbocycles. The molecule has 2 aromatic heterocycles. The number of thiophene rings is 1. The molecule has 0 bridgehead atoms. The highest BCUT2D eigenvalue weighted by Crippen LogP contribution is 2.33. The van der Waals surface area contributed by atoms with E-state index in [1.807, 2.05) is 24.3 Å². The Morgan fingerprint density at radius 1 is 1.31 bits per heavy atom. The summed E-state index contributed by atoms with van der Waals surface area (Å²) in [4.78, 5) is 30.8. The van der Waals surface area contributed by atoms with Crippen molar-refractivity contribution in [2.24, 2.45) is 0 Å². The monoisotopic (exact) mass is 513 g/mol. The zero-order valence-electron chi connectivity index (χ0n) is 19.1. The number of benzene rings is 2. The predicted octanol–water partition coefficient (Wildman–Crippen LogP) is 4.19. The van der Waals surface area contributed by atoms with Gasteiger partial charge in [-0.3, -0.25) is 14.2 Å². The number of nitrogens with zero attached hydrogens (tertiary/aromatic N) is 2. The van der Waals surface area contributed by atoms with Gasteiger partial charge in [0.15, 0.2) is 5.16 Å². The van der Waals surface area contributed by atoms with Crippen molar-refractivity contribution in [3.05, 3.63) is 64.2 Å². The molecule has 5 rings (SSSR count). The van der Waals surface area contributed by atoms with Gasteiger partial charge in [-0.25, -0.2) is 9.37 Å². The van der Waals surface area contributed by atoms with Crippen molar-refractivity contribution in [3.63, 3.8) is 0 Å². The molecule has 1 unspecified atom stereocenters. The van der Waals surface area contributed by atoms with Gasteiger partial charge in [0.25, 0.3) is 5.56 Å². The first kappa shape index (κ1) is 23.8. The highest BCUT2D eigenvalue weighted by atomic mass is 32.2. The summed E-state index contributed by atoms with van der Waals surface area (Å²) in [7, 11) is 1.59. The Labute approximate surface area is 209 Å². The van der Waals surface area contributed by atoms with Crippen LogP contribution in [0.25, 0.3) is 20.3 Å². The molecule has 1 atom stereocenters. The number of hydrogen-bond acceptors (Lipinski definition) is 7. The topological polar surface area (TPSA) is 82.4 Å². The largest absolute Gasteiger partial charge is 0.497 e. The Kier molecular flexibility index (Phi) is 7.03. The molecule has 0 radical (unpaired) electrons. The van der Waals surface area contributed by atoms with Crippen molar-refractivity contribution in [3.8, 4) is 5.75 Å². The minimum atomic E-state index is -0.418. The number of rotatable bonds is 8. The third-order valence-corrected chi connectivity index (χ3v) is 8.01. The van der Waals surface area contributed by atoms with Crippen molar-refractivity contribution in [1.82, 2.24) is 14.9 Å². The molecule has 0 aliphatic carbocycles. The van der Waals surface area contributed by atoms with Gasteiger partial charge >= 0.3 is 0 Å². The van der Waals surface area contributed by atoms with Crippen LogP contribution in [0.4, 0.5) is 4.39 Å². The van der Waals surface area contributed by atoms with Crippen molar-refractivity contribution >= 4 is 49.3 Å². The lowest BCUT2D eigenvalue weighted by Crippen LogP contribution is -2.33. The minimum absolute atomic E-state index is 0.0480. The molecule has 4 aromatic rings. The molecule has 0 spiro atoms. The quantitative estimate of drug-likeness (QED) is 0.281. The lowest BCUT2D eigenvalue weighted by atomic mass is 10.2. The average molecular weight is 514 g/mol. The first-order valence-corrected chi connectivity index (χ1v) is 13.1. The fourth-order valence-corrected chi connectivity index (χ4v) is 6.01. The zero-order chi connectivity index (χ0) is 24.4. The van der Waals surface area contributed by atoms with E-state index in [0.29, 0.717) is 37.8 Å². The first-order chi connectivity index (χ1) is 17.0. The Bertz CT molecular complexity index is 1430. The lowest BCUT2D eigenvalue weighted by molar-refractivity contribution is -0.119. The molecule has 7 nitrogen and oxygen atoms in total. The number of amides is 1. The van der Waals surface area contributed by atoms with Crippen molar-refractivity contribution < 1.29 is 18.7 Å². The van der Waals surface area contributed by atoms with Crippen LogP contribution in [0.1, 0.15) is 18.4 Å². The second kappa shape index (κ2) is 10.3. The van der Waals surface area contributed by atoms with Gasteiger partial charge in [-0.05, 0) is 42.7 Å². The van der Waals surface area contributed by atoms with E-state index in [2.05, 4.69) is 5.32 Å². The van der Waals surface area contributed by atoms with Crippen LogP contribution >= 0.6 is 23.1 Å². The SMILES string of the molecule is COc1ccc(Cn2c(SCC(=O)NCC3CCCO3)nc3c(sc4cccc(F)c43)c2=O)cc1. The van der Waals surface area contributed by atoms with Crippen molar-refractivity contribution in [2.45, 2.75) is 30.6 Å². The number of fused-ring (bicyclic) bond motifs is 3. The zero-order valence-corrected chi connectivity index (χ0v) is 20.7. The van der Waals surface area contributed by atoms with Crippen LogP contribution in [0.3, 0.4) is 0 Å². The molecule has 1 N–H and O–H groups in total. The summed E-state index contributed by atoms with van der Waals surface area (Å²) >= 11 is 2.40. The van der Waals surface area contributed by atoms with Gasteiger partial charge in [-0.15, -0.1) is 11.3 Å². The van der Waals surface area contributed by atoms with Crippen molar-refractivity contribution in [1.29, 1.82) is 0 Å². The highest BCUT2D eigenvalue weighted by Gasteiger charge is 2.20. The van der Waals surface area contributed by atoms with Gasteiger partial charge in [0.1, 0.15) is 21.8 Å². The maximum atomic E-state index is 14.7. The summed E-state index contributed by atoms with van der Waals surface area (Å²) in [6, 6.07) is 12.2. The molecule has 10 heteroatoms. The Morgan fingerprint density at radius 3 is 2.89 bits per heavy atom. The summed E-state index contributed by atoms with van der Waals surface area (Å²) in [5.41, 5.74) is 0.959. The lowest BCUT2D eigenvalue weighted by Gasteiger charge is -2.13. The summed E-state index contributed by atoms with van der Waals surface area (Å²) in [5, 5.41) is 3.60. The predicted molar refractivity (Wildman–Crippen MR) is 136 cm³/mol. The number of carbonyl (C=O) groups excluding carboxylic acids is 1. The maximum absolute atomic E-state index is 14.7. The van der Waals surface area contributed by atoms with Gasteiger partial charge in [0.05, 0.1) is 30.9 Å². The minimum Gasteiger partial charge on any atom is -0.497 e. The number of nitrogens with one attached hydrogen (secondary N) is 1. The smallest absolute Gasteiger partial charge is 0.272 e. The van der Waals surface area contributed by atoms with Crippen LogP contribution in [-0.2, 0) is 16.1 Å². The van der Waals surface area contributed by atoms with Crippen LogP contribution in [0.2, 0.25) is 0 Å². The molecule has 1 fully saturated rings. The summed E-state index contributed by atoms with van der Waals surface area (Å²) in [5.74, 6) is 0.209. The van der Waals surface area contributed by atoms with Gasteiger partial charge < -0.3 is 14.8 Å². The molecule has 1 saturated heterocycles. The van der Waals surface area contributed by atoms with E-state index < -0.39 is 5.82 Å². The van der Waals surface area contributed by atoms with Gasteiger partial charge in [0.2, 0.25) is 5.91 Å². The number of hydrogen-bond donors (Lipinski definition) is 1. The van der Waals surface area contributed by atoms with E-state index in [1.54, 1.807) is 23.8 Å². The second-order valence-corrected chi connectivity index (χ2v) is 10.2. The first-order valence-electron chi connectivity index (χ1n) is 11.3. The number of methoxy groups -OCH3 is 1. The van der Waals surface area contributed by atoms with Crippen LogP contribution < -0.4 is 15.6 Å². The molecule has 1 amide bonds. The molecule has 1 aliphatic heterocycles. The maximum Gasteiger partial charge on any atom is 0.272 e. The Morgan fingerprint density at radius 2 is 2.14 bits per heavy atom. The van der Waals surface area contributed by atoms with E-state index in [9.17, 15) is 14.0 Å². The van der Waals surface area contributed by atoms with Crippen molar-refractivity contribution in [2.75, 3.05) is 26.0 Å². The second-order valence-electron chi connectivity index (χ2n) is 8.25. The van der Waals surface area contributed by atoms with Gasteiger partial charge in [0, 0.05) is 17.9 Å². The third-order valence-electron chi connectivity index (χ3n) is 5.90. The van der Waals surface area contributed by atoms with Crippen LogP contribution in [-0.4, -0.2) is 47.6 Å². The number of thioether (sulfide) groups is 1. The Balaban J connectivity index is 1.48. The molecule has 1 aliphatic rings. The molecule has 182 valence electrons. The number of aromatic nitrogens is 2. The molecule has 35 heavy (non-hydrogen) atoms. The fraction of sp³-hybridized carbons (Fsp3) is 0.320. The van der Waals surface area contributed by atoms with Gasteiger partial charge in [-0.2, -0.15) is 0 Å². The fourth-order valence-electron chi connectivity index (χ4n) is 4.09. The number of halogens is 1. The highest BCUT2D eigenvalue weighted by molar-refractivity contribution is 7.99. The number of carbonyl (C=O) groups is 1. The summed E-state index contributed by atoms with van der Waals surface area (Å²) in [6.07, 6.45) is 1.98. The molecule has 2 aromatic carbocycles. The standard InChI is InChI=1S/C25H24FN3O4S2/c1-32-16-9-7-15(8-10-16)13-29-24(31)23-22(21-18(26)5-2-6-19(21)35-23)28-25(29)34-14-20(30)27-12-17-4-3-11-33-17/h2,5-10,17H,3-4,11-14H2,1H3,(H,27,30). The summed E-state index contributed by atoms with van der Waals surface area (Å²) in [6.45, 7) is 1.45.